The molecule has 0 aliphatic heterocycles. The first-order chi connectivity index (χ1) is 9.04. The second-order valence-corrected chi connectivity index (χ2v) is 7.71. The first-order valence-electron chi connectivity index (χ1n) is 7.42. The van der Waals surface area contributed by atoms with Gasteiger partial charge in [-0.05, 0) is 69.4 Å². The van der Waals surface area contributed by atoms with Crippen molar-refractivity contribution in [3.05, 3.63) is 21.4 Å². The average Bonchev–Trinajstić information content (AvgIpc) is 3.06. The average molecular weight is 277 g/mol. The minimum Gasteiger partial charge on any atom is -0.349 e. The molecule has 19 heavy (non-hydrogen) atoms. The zero-order valence-electron chi connectivity index (χ0n) is 12.0. The highest BCUT2D eigenvalue weighted by atomic mass is 32.1. The van der Waals surface area contributed by atoms with Crippen LogP contribution in [0.25, 0.3) is 0 Å². The summed E-state index contributed by atoms with van der Waals surface area (Å²) in [6, 6.07) is 2.34. The molecule has 0 aromatic carbocycles. The first-order valence-corrected chi connectivity index (χ1v) is 8.24. The van der Waals surface area contributed by atoms with Crippen LogP contribution in [0.3, 0.4) is 0 Å². The molecule has 2 fully saturated rings. The molecule has 2 aliphatic carbocycles. The third-order valence-corrected chi connectivity index (χ3v) is 6.33. The van der Waals surface area contributed by atoms with Crippen molar-refractivity contribution in [2.24, 2.45) is 17.8 Å². The Morgan fingerprint density at radius 1 is 1.37 bits per heavy atom. The van der Waals surface area contributed by atoms with Crippen LogP contribution in [0.1, 0.15) is 52.7 Å². The van der Waals surface area contributed by atoms with Gasteiger partial charge in [0.15, 0.2) is 0 Å². The molecule has 3 rings (SSSR count). The largest absolute Gasteiger partial charge is 0.349 e. The molecule has 0 saturated heterocycles. The summed E-state index contributed by atoms with van der Waals surface area (Å²) >= 11 is 1.61. The molecule has 1 aromatic rings. The summed E-state index contributed by atoms with van der Waals surface area (Å²) < 4.78 is 0. The Kier molecular flexibility index (Phi) is 3.42. The monoisotopic (exact) mass is 277 g/mol. The van der Waals surface area contributed by atoms with Crippen LogP contribution in [-0.4, -0.2) is 11.9 Å². The summed E-state index contributed by atoms with van der Waals surface area (Å²) in [6.07, 6.45) is 5.54. The van der Waals surface area contributed by atoms with Crippen LogP contribution in [0, 0.1) is 31.6 Å². The van der Waals surface area contributed by atoms with E-state index in [4.69, 9.17) is 0 Å². The van der Waals surface area contributed by atoms with Crippen molar-refractivity contribution in [3.8, 4) is 0 Å². The zero-order valence-corrected chi connectivity index (χ0v) is 12.8. The lowest BCUT2D eigenvalue weighted by molar-refractivity contribution is 0.0919. The Morgan fingerprint density at radius 3 is 2.68 bits per heavy atom. The molecule has 2 bridgehead atoms. The van der Waals surface area contributed by atoms with Crippen LogP contribution in [0.5, 0.6) is 0 Å². The number of thiophene rings is 1. The van der Waals surface area contributed by atoms with E-state index in [1.165, 1.54) is 36.1 Å². The summed E-state index contributed by atoms with van der Waals surface area (Å²) in [5, 5.41) is 3.24. The van der Waals surface area contributed by atoms with Crippen LogP contribution >= 0.6 is 11.3 Å². The molecule has 1 N–H and O–H groups in total. The fourth-order valence-corrected chi connectivity index (χ4v) is 4.91. The van der Waals surface area contributed by atoms with Crippen molar-refractivity contribution in [1.82, 2.24) is 5.32 Å². The van der Waals surface area contributed by atoms with E-state index < -0.39 is 0 Å². The predicted octanol–water partition coefficient (Wildman–Crippen LogP) is 3.92. The topological polar surface area (TPSA) is 29.1 Å². The van der Waals surface area contributed by atoms with Crippen molar-refractivity contribution in [1.29, 1.82) is 0 Å². The zero-order chi connectivity index (χ0) is 13.6. The Labute approximate surface area is 119 Å². The molecule has 1 aromatic heterocycles. The number of fused-ring (bicyclic) bond motifs is 2. The maximum atomic E-state index is 12.3. The normalized spacial score (nSPS) is 30.6. The molecule has 2 saturated carbocycles. The number of carbonyl (C=O) groups excluding carboxylic acids is 1. The summed E-state index contributed by atoms with van der Waals surface area (Å²) in [7, 11) is 0. The highest BCUT2D eigenvalue weighted by molar-refractivity contribution is 7.14. The fraction of sp³-hybridized carbons (Fsp3) is 0.688. The molecule has 0 radical (unpaired) electrons. The van der Waals surface area contributed by atoms with Gasteiger partial charge in [-0.15, -0.1) is 11.3 Å². The quantitative estimate of drug-likeness (QED) is 0.891. The molecule has 3 heteroatoms. The summed E-state index contributed by atoms with van der Waals surface area (Å²) in [5.41, 5.74) is 1.22. The van der Waals surface area contributed by atoms with E-state index >= 15 is 0 Å². The van der Waals surface area contributed by atoms with Gasteiger partial charge in [-0.1, -0.05) is 6.42 Å². The van der Waals surface area contributed by atoms with Gasteiger partial charge in [0.2, 0.25) is 0 Å². The maximum absolute atomic E-state index is 12.3. The van der Waals surface area contributed by atoms with Crippen molar-refractivity contribution in [2.45, 2.75) is 52.5 Å². The number of hydrogen-bond acceptors (Lipinski definition) is 2. The summed E-state index contributed by atoms with van der Waals surface area (Å²) in [6.45, 7) is 6.34. The highest BCUT2D eigenvalue weighted by Gasteiger charge is 2.42. The van der Waals surface area contributed by atoms with Crippen LogP contribution in [0.4, 0.5) is 0 Å². The molecular weight excluding hydrogens is 254 g/mol. The SMILES string of the molecule is Cc1cc(C(=O)N[C@@H](C)[C@@H]2C[C@H]3CC[C@H]2C3)sc1C. The Morgan fingerprint density at radius 2 is 2.16 bits per heavy atom. The second-order valence-electron chi connectivity index (χ2n) is 6.45. The van der Waals surface area contributed by atoms with E-state index in [0.717, 1.165) is 16.7 Å². The van der Waals surface area contributed by atoms with Gasteiger partial charge in [0.25, 0.3) is 5.91 Å². The van der Waals surface area contributed by atoms with E-state index in [1.807, 2.05) is 6.07 Å². The minimum atomic E-state index is 0.122. The number of amides is 1. The van der Waals surface area contributed by atoms with E-state index in [0.29, 0.717) is 12.0 Å². The highest BCUT2D eigenvalue weighted by Crippen LogP contribution is 2.49. The van der Waals surface area contributed by atoms with E-state index in [1.54, 1.807) is 11.3 Å². The van der Waals surface area contributed by atoms with Crippen LogP contribution in [0.15, 0.2) is 6.07 Å². The minimum absolute atomic E-state index is 0.122. The smallest absolute Gasteiger partial charge is 0.261 e. The summed E-state index contributed by atoms with van der Waals surface area (Å²) in [4.78, 5) is 14.4. The molecule has 1 heterocycles. The van der Waals surface area contributed by atoms with Gasteiger partial charge < -0.3 is 5.32 Å². The van der Waals surface area contributed by atoms with Gasteiger partial charge in [-0.25, -0.2) is 0 Å². The lowest BCUT2D eigenvalue weighted by atomic mass is 9.84. The van der Waals surface area contributed by atoms with Gasteiger partial charge in [-0.2, -0.15) is 0 Å². The number of aryl methyl sites for hydroxylation is 2. The van der Waals surface area contributed by atoms with Crippen LogP contribution in [0.2, 0.25) is 0 Å². The van der Waals surface area contributed by atoms with Gasteiger partial charge in [0, 0.05) is 10.9 Å². The van der Waals surface area contributed by atoms with Crippen molar-refractivity contribution in [3.63, 3.8) is 0 Å². The Balaban J connectivity index is 1.63. The van der Waals surface area contributed by atoms with Gasteiger partial charge in [0.1, 0.15) is 0 Å². The van der Waals surface area contributed by atoms with Crippen molar-refractivity contribution >= 4 is 17.2 Å². The van der Waals surface area contributed by atoms with Gasteiger partial charge >= 0.3 is 0 Å². The summed E-state index contributed by atoms with van der Waals surface area (Å²) in [5.74, 6) is 2.65. The Hall–Kier alpha value is -0.830. The van der Waals surface area contributed by atoms with E-state index in [9.17, 15) is 4.79 Å². The van der Waals surface area contributed by atoms with E-state index in [2.05, 4.69) is 26.1 Å². The predicted molar refractivity (Wildman–Crippen MR) is 79.7 cm³/mol. The first kappa shape index (κ1) is 13.2. The number of nitrogens with one attached hydrogen (secondary N) is 1. The number of carbonyl (C=O) groups is 1. The molecule has 1 amide bonds. The second kappa shape index (κ2) is 4.93. The van der Waals surface area contributed by atoms with Crippen LogP contribution in [-0.2, 0) is 0 Å². The molecule has 0 spiro atoms. The van der Waals surface area contributed by atoms with Gasteiger partial charge in [-0.3, -0.25) is 4.79 Å². The molecule has 2 aliphatic rings. The number of rotatable bonds is 3. The molecule has 2 nitrogen and oxygen atoms in total. The Bertz CT molecular complexity index is 473. The van der Waals surface area contributed by atoms with E-state index in [-0.39, 0.29) is 5.91 Å². The molecular formula is C16H23NOS. The lowest BCUT2D eigenvalue weighted by Crippen LogP contribution is -2.39. The third kappa shape index (κ3) is 2.45. The van der Waals surface area contributed by atoms with Crippen LogP contribution < -0.4 is 5.32 Å². The number of hydrogen-bond donors (Lipinski definition) is 1. The van der Waals surface area contributed by atoms with Gasteiger partial charge in [0.05, 0.1) is 4.88 Å². The molecule has 4 atom stereocenters. The molecule has 0 unspecified atom stereocenters. The van der Waals surface area contributed by atoms with Crippen molar-refractivity contribution in [2.75, 3.05) is 0 Å². The lowest BCUT2D eigenvalue weighted by Gasteiger charge is -2.28. The fourth-order valence-electron chi connectivity index (χ4n) is 3.98. The standard InChI is InChI=1S/C16H23NOS/c1-9-6-15(19-11(9)3)16(18)17-10(2)14-8-12-4-5-13(14)7-12/h6,10,12-14H,4-5,7-8H2,1-3H3,(H,17,18)/t10-,12-,13-,14-/m0/s1. The third-order valence-electron chi connectivity index (χ3n) is 5.18. The molecule has 104 valence electrons. The maximum Gasteiger partial charge on any atom is 0.261 e. The van der Waals surface area contributed by atoms with Crippen molar-refractivity contribution < 1.29 is 4.79 Å².